The Labute approximate surface area is 95.2 Å². The first-order chi connectivity index (χ1) is 7.72. The molecule has 0 saturated carbocycles. The summed E-state index contributed by atoms with van der Waals surface area (Å²) in [6, 6.07) is 0. The van der Waals surface area contributed by atoms with E-state index in [1.807, 2.05) is 0 Å². The highest BCUT2D eigenvalue weighted by atomic mass is 16.5. The Kier molecular flexibility index (Phi) is 3.61. The number of carbonyl (C=O) groups is 1. The second kappa shape index (κ2) is 4.97. The van der Waals surface area contributed by atoms with Crippen molar-refractivity contribution in [3.63, 3.8) is 0 Å². The van der Waals surface area contributed by atoms with E-state index in [1.54, 1.807) is 7.11 Å². The van der Waals surface area contributed by atoms with Crippen LogP contribution in [0.1, 0.15) is 19.3 Å². The Hall–Kier alpha value is -0.870. The molecule has 2 atom stereocenters. The fourth-order valence-corrected chi connectivity index (χ4v) is 2.46. The van der Waals surface area contributed by atoms with Gasteiger partial charge in [0.05, 0.1) is 24.9 Å². The third kappa shape index (κ3) is 2.28. The van der Waals surface area contributed by atoms with Crippen LogP contribution in [0.25, 0.3) is 0 Å². The third-order valence-corrected chi connectivity index (χ3v) is 3.51. The topological polar surface area (TPSA) is 55.8 Å². The molecule has 0 amide bonds. The second-order valence-electron chi connectivity index (χ2n) is 4.47. The first-order valence-corrected chi connectivity index (χ1v) is 5.76. The minimum atomic E-state index is -0.555. The van der Waals surface area contributed by atoms with E-state index in [4.69, 9.17) is 9.47 Å². The molecule has 1 aliphatic heterocycles. The lowest BCUT2D eigenvalue weighted by Crippen LogP contribution is -2.35. The normalized spacial score (nSPS) is 29.0. The molecule has 0 spiro atoms. The molecular weight excluding hydrogens is 208 g/mol. The average Bonchev–Trinajstić information content (AvgIpc) is 2.71. The number of rotatable bonds is 3. The van der Waals surface area contributed by atoms with Crippen molar-refractivity contribution in [2.24, 2.45) is 11.8 Å². The lowest BCUT2D eigenvalue weighted by molar-refractivity contribution is -0.123. The maximum absolute atomic E-state index is 11.7. The molecule has 1 heterocycles. The molecule has 0 bridgehead atoms. The van der Waals surface area contributed by atoms with E-state index in [2.05, 4.69) is 0 Å². The van der Waals surface area contributed by atoms with Crippen LogP contribution in [0, 0.1) is 11.8 Å². The zero-order valence-corrected chi connectivity index (χ0v) is 9.52. The van der Waals surface area contributed by atoms with Gasteiger partial charge in [-0.1, -0.05) is 0 Å². The SMILES string of the molecule is COC1=CC(=O)C(C(O)C2CCOCC2)C1. The number of ether oxygens (including phenoxy) is 2. The summed E-state index contributed by atoms with van der Waals surface area (Å²) in [6.07, 6.45) is 3.17. The van der Waals surface area contributed by atoms with Gasteiger partial charge < -0.3 is 14.6 Å². The number of ketones is 1. The summed E-state index contributed by atoms with van der Waals surface area (Å²) in [4.78, 5) is 11.7. The van der Waals surface area contributed by atoms with Crippen molar-refractivity contribution in [3.05, 3.63) is 11.8 Å². The van der Waals surface area contributed by atoms with Crippen molar-refractivity contribution in [2.75, 3.05) is 20.3 Å². The van der Waals surface area contributed by atoms with Crippen LogP contribution in [0.3, 0.4) is 0 Å². The summed E-state index contributed by atoms with van der Waals surface area (Å²) in [5, 5.41) is 10.2. The summed E-state index contributed by atoms with van der Waals surface area (Å²) in [5.41, 5.74) is 0. The molecule has 0 aromatic rings. The van der Waals surface area contributed by atoms with Crippen molar-refractivity contribution in [3.8, 4) is 0 Å². The summed E-state index contributed by atoms with van der Waals surface area (Å²) < 4.78 is 10.3. The van der Waals surface area contributed by atoms with Gasteiger partial charge in [-0.05, 0) is 18.8 Å². The van der Waals surface area contributed by atoms with Crippen LogP contribution in [-0.4, -0.2) is 37.3 Å². The fourth-order valence-electron chi connectivity index (χ4n) is 2.46. The van der Waals surface area contributed by atoms with E-state index < -0.39 is 6.10 Å². The van der Waals surface area contributed by atoms with Gasteiger partial charge in [-0.2, -0.15) is 0 Å². The first-order valence-electron chi connectivity index (χ1n) is 5.76. The molecule has 0 aromatic heterocycles. The molecule has 2 unspecified atom stereocenters. The number of methoxy groups -OCH3 is 1. The third-order valence-electron chi connectivity index (χ3n) is 3.51. The highest BCUT2D eigenvalue weighted by molar-refractivity contribution is 5.95. The van der Waals surface area contributed by atoms with Crippen molar-refractivity contribution in [1.29, 1.82) is 0 Å². The van der Waals surface area contributed by atoms with E-state index in [0.29, 0.717) is 25.4 Å². The molecule has 0 radical (unpaired) electrons. The predicted octanol–water partition coefficient (Wildman–Crippen LogP) is 0.893. The van der Waals surface area contributed by atoms with Crippen LogP contribution in [0.5, 0.6) is 0 Å². The van der Waals surface area contributed by atoms with Gasteiger partial charge >= 0.3 is 0 Å². The predicted molar refractivity (Wildman–Crippen MR) is 57.8 cm³/mol. The summed E-state index contributed by atoms with van der Waals surface area (Å²) in [7, 11) is 1.56. The summed E-state index contributed by atoms with van der Waals surface area (Å²) >= 11 is 0. The Balaban J connectivity index is 1.95. The van der Waals surface area contributed by atoms with E-state index in [1.165, 1.54) is 6.08 Å². The zero-order valence-electron chi connectivity index (χ0n) is 9.52. The minimum Gasteiger partial charge on any atom is -0.501 e. The fraction of sp³-hybridized carbons (Fsp3) is 0.750. The zero-order chi connectivity index (χ0) is 11.5. The van der Waals surface area contributed by atoms with Gasteiger partial charge in [0.1, 0.15) is 0 Å². The van der Waals surface area contributed by atoms with Crippen LogP contribution in [-0.2, 0) is 14.3 Å². The largest absolute Gasteiger partial charge is 0.501 e. The maximum atomic E-state index is 11.7. The highest BCUT2D eigenvalue weighted by Crippen LogP contribution is 2.32. The highest BCUT2D eigenvalue weighted by Gasteiger charge is 2.37. The second-order valence-corrected chi connectivity index (χ2v) is 4.47. The molecule has 1 saturated heterocycles. The molecule has 1 aliphatic carbocycles. The van der Waals surface area contributed by atoms with Crippen LogP contribution in [0.4, 0.5) is 0 Å². The number of carbonyl (C=O) groups excluding carboxylic acids is 1. The van der Waals surface area contributed by atoms with E-state index in [-0.39, 0.29) is 17.6 Å². The molecule has 16 heavy (non-hydrogen) atoms. The standard InChI is InChI=1S/C12H18O4/c1-15-9-6-10(11(13)7-9)12(14)8-2-4-16-5-3-8/h7-8,10,12,14H,2-6H2,1H3. The van der Waals surface area contributed by atoms with Crippen molar-refractivity contribution in [1.82, 2.24) is 0 Å². The maximum Gasteiger partial charge on any atom is 0.165 e. The number of hydrogen-bond donors (Lipinski definition) is 1. The molecular formula is C12H18O4. The average molecular weight is 226 g/mol. The van der Waals surface area contributed by atoms with Gasteiger partial charge in [0, 0.05) is 25.7 Å². The Morgan fingerprint density at radius 2 is 2.19 bits per heavy atom. The van der Waals surface area contributed by atoms with Gasteiger partial charge in [0.2, 0.25) is 0 Å². The van der Waals surface area contributed by atoms with Crippen molar-refractivity contribution >= 4 is 5.78 Å². The van der Waals surface area contributed by atoms with Crippen LogP contribution >= 0.6 is 0 Å². The summed E-state index contributed by atoms with van der Waals surface area (Å²) in [5.74, 6) is 0.558. The Morgan fingerprint density at radius 3 is 2.75 bits per heavy atom. The molecule has 4 nitrogen and oxygen atoms in total. The Morgan fingerprint density at radius 1 is 1.50 bits per heavy atom. The molecule has 1 fully saturated rings. The monoisotopic (exact) mass is 226 g/mol. The lowest BCUT2D eigenvalue weighted by Gasteiger charge is -2.29. The van der Waals surface area contributed by atoms with Crippen LogP contribution in [0.2, 0.25) is 0 Å². The molecule has 2 aliphatic rings. The van der Waals surface area contributed by atoms with E-state index in [9.17, 15) is 9.90 Å². The first kappa shape index (κ1) is 11.6. The van der Waals surface area contributed by atoms with Gasteiger partial charge in [0.15, 0.2) is 5.78 Å². The van der Waals surface area contributed by atoms with Gasteiger partial charge in [0.25, 0.3) is 0 Å². The number of allylic oxidation sites excluding steroid dienone is 2. The molecule has 4 heteroatoms. The quantitative estimate of drug-likeness (QED) is 0.776. The van der Waals surface area contributed by atoms with Crippen molar-refractivity contribution in [2.45, 2.75) is 25.4 Å². The minimum absolute atomic E-state index is 0.00385. The molecule has 2 rings (SSSR count). The van der Waals surface area contributed by atoms with Gasteiger partial charge in [-0.15, -0.1) is 0 Å². The van der Waals surface area contributed by atoms with E-state index in [0.717, 1.165) is 12.8 Å². The Bertz CT molecular complexity index is 291. The summed E-state index contributed by atoms with van der Waals surface area (Å²) in [6.45, 7) is 1.38. The lowest BCUT2D eigenvalue weighted by atomic mass is 9.84. The van der Waals surface area contributed by atoms with E-state index >= 15 is 0 Å². The van der Waals surface area contributed by atoms with Gasteiger partial charge in [-0.3, -0.25) is 4.79 Å². The van der Waals surface area contributed by atoms with Gasteiger partial charge in [-0.25, -0.2) is 0 Å². The van der Waals surface area contributed by atoms with Crippen LogP contribution in [0.15, 0.2) is 11.8 Å². The number of aliphatic hydroxyl groups excluding tert-OH is 1. The molecule has 90 valence electrons. The molecule has 1 N–H and O–H groups in total. The number of hydrogen-bond acceptors (Lipinski definition) is 4. The number of aliphatic hydroxyl groups is 1. The van der Waals surface area contributed by atoms with Crippen LogP contribution < -0.4 is 0 Å². The van der Waals surface area contributed by atoms with Crippen molar-refractivity contribution < 1.29 is 19.4 Å². The smallest absolute Gasteiger partial charge is 0.165 e. The molecule has 0 aromatic carbocycles.